The smallest absolute Gasteiger partial charge is 0.326 e. The monoisotopic (exact) mass is 539 g/mol. The third kappa shape index (κ3) is 10.4. The van der Waals surface area contributed by atoms with Gasteiger partial charge in [-0.3, -0.25) is 24.1 Å². The first-order valence-corrected chi connectivity index (χ1v) is 13.7. The predicted molar refractivity (Wildman–Crippen MR) is 138 cm³/mol. The van der Waals surface area contributed by atoms with Gasteiger partial charge in [0.15, 0.2) is 0 Å². The molecule has 37 heavy (non-hydrogen) atoms. The van der Waals surface area contributed by atoms with Crippen molar-refractivity contribution in [3.63, 3.8) is 0 Å². The second kappa shape index (κ2) is 15.9. The Hall–Kier alpha value is -3.09. The molecule has 5 N–H and O–H groups in total. The van der Waals surface area contributed by atoms with Crippen molar-refractivity contribution in [2.75, 3.05) is 18.8 Å². The van der Waals surface area contributed by atoms with Crippen molar-refractivity contribution in [1.29, 1.82) is 0 Å². The van der Waals surface area contributed by atoms with Gasteiger partial charge in [0, 0.05) is 36.9 Å². The van der Waals surface area contributed by atoms with Crippen LogP contribution >= 0.6 is 11.8 Å². The molecule has 2 aliphatic heterocycles. The van der Waals surface area contributed by atoms with Gasteiger partial charge < -0.3 is 26.4 Å². The number of nitrogens with zero attached hydrogens (tertiary/aromatic N) is 1. The molecule has 0 aliphatic carbocycles. The van der Waals surface area contributed by atoms with Crippen LogP contribution in [0.3, 0.4) is 0 Å². The van der Waals surface area contributed by atoms with E-state index in [0.29, 0.717) is 37.5 Å². The van der Waals surface area contributed by atoms with Gasteiger partial charge in [0.1, 0.15) is 6.04 Å². The molecule has 0 aromatic rings. The summed E-state index contributed by atoms with van der Waals surface area (Å²) in [5, 5.41) is 20.9. The van der Waals surface area contributed by atoms with Gasteiger partial charge in [0.25, 0.3) is 5.91 Å². The molecule has 12 nitrogen and oxygen atoms in total. The molecule has 2 heterocycles. The summed E-state index contributed by atoms with van der Waals surface area (Å²) in [7, 11) is 0. The third-order valence-electron chi connectivity index (χ3n) is 6.26. The van der Waals surface area contributed by atoms with E-state index < -0.39 is 23.8 Å². The van der Waals surface area contributed by atoms with Gasteiger partial charge in [-0.25, -0.2) is 9.59 Å². The zero-order valence-corrected chi connectivity index (χ0v) is 21.9. The maximum absolute atomic E-state index is 12.1. The summed E-state index contributed by atoms with van der Waals surface area (Å²) in [6.45, 7) is 1.89. The van der Waals surface area contributed by atoms with E-state index in [1.54, 1.807) is 6.92 Å². The number of carboxylic acid groups (broad SMARTS) is 1. The molecule has 2 saturated heterocycles. The minimum atomic E-state index is -1.17. The molecular weight excluding hydrogens is 502 g/mol. The number of amides is 6. The van der Waals surface area contributed by atoms with E-state index in [2.05, 4.69) is 21.3 Å². The fourth-order valence-corrected chi connectivity index (χ4v) is 5.81. The average molecular weight is 540 g/mol. The fraction of sp³-hybridized carbons (Fsp3) is 0.667. The second-order valence-corrected chi connectivity index (χ2v) is 10.3. The predicted octanol–water partition coefficient (Wildman–Crippen LogP) is 0.519. The van der Waals surface area contributed by atoms with Crippen LogP contribution in [-0.2, 0) is 24.0 Å². The van der Waals surface area contributed by atoms with Crippen LogP contribution in [0.15, 0.2) is 12.2 Å². The summed E-state index contributed by atoms with van der Waals surface area (Å²) in [6.07, 6.45) is 7.07. The van der Waals surface area contributed by atoms with Gasteiger partial charge >= 0.3 is 12.0 Å². The van der Waals surface area contributed by atoms with Crippen LogP contribution in [0.5, 0.6) is 0 Å². The lowest BCUT2D eigenvalue weighted by molar-refractivity contribution is -0.142. The standard InChI is InChI=1S/C24H37N5O7S/c1-2-7-21(33)29(15-30)13-11-20(32)26-16(23(34)35)8-5-6-12-25-19(31)10-4-3-9-18-22-17(14-37-18)27-24(36)28-22/h2,7,15-18,22H,3-6,8-14H2,1H3,(H,25,31)(H,26,32)(H,34,35)(H2,27,28,36)/b7-2-/t16?,17-,18?,22-/m0/s1. The molecule has 0 aromatic carbocycles. The number of carboxylic acids is 1. The maximum atomic E-state index is 12.1. The Bertz CT molecular complexity index is 868. The van der Waals surface area contributed by atoms with Gasteiger partial charge in [-0.15, -0.1) is 0 Å². The summed E-state index contributed by atoms with van der Waals surface area (Å²) in [5.41, 5.74) is 0. The highest BCUT2D eigenvalue weighted by molar-refractivity contribution is 8.00. The first kappa shape index (κ1) is 30.1. The van der Waals surface area contributed by atoms with Crippen molar-refractivity contribution in [2.45, 2.75) is 81.7 Å². The molecule has 2 aliphatic rings. The molecule has 0 bridgehead atoms. The number of aliphatic carboxylic acids is 1. The Kier molecular flexibility index (Phi) is 12.9. The van der Waals surface area contributed by atoms with Crippen molar-refractivity contribution in [3.8, 4) is 0 Å². The van der Waals surface area contributed by atoms with Crippen LogP contribution in [0.1, 0.15) is 58.3 Å². The van der Waals surface area contributed by atoms with Crippen LogP contribution in [0.2, 0.25) is 0 Å². The van der Waals surface area contributed by atoms with E-state index in [1.807, 2.05) is 11.8 Å². The molecule has 4 atom stereocenters. The third-order valence-corrected chi connectivity index (χ3v) is 7.76. The van der Waals surface area contributed by atoms with Gasteiger partial charge in [0.2, 0.25) is 18.2 Å². The molecule has 206 valence electrons. The normalized spacial score (nSPS) is 21.0. The van der Waals surface area contributed by atoms with E-state index in [9.17, 15) is 33.9 Å². The van der Waals surface area contributed by atoms with E-state index in [0.717, 1.165) is 29.9 Å². The number of hydrogen-bond donors (Lipinski definition) is 5. The lowest BCUT2D eigenvalue weighted by atomic mass is 10.0. The molecule has 2 fully saturated rings. The maximum Gasteiger partial charge on any atom is 0.326 e. The van der Waals surface area contributed by atoms with Crippen molar-refractivity contribution < 1.29 is 33.9 Å². The van der Waals surface area contributed by atoms with Crippen molar-refractivity contribution in [3.05, 3.63) is 12.2 Å². The zero-order valence-electron chi connectivity index (χ0n) is 21.1. The number of carbonyl (C=O) groups is 6. The van der Waals surface area contributed by atoms with Gasteiger partial charge in [-0.1, -0.05) is 12.5 Å². The number of hydrogen-bond acceptors (Lipinski definition) is 7. The Balaban J connectivity index is 1.54. The quantitative estimate of drug-likeness (QED) is 0.0770. The van der Waals surface area contributed by atoms with E-state index >= 15 is 0 Å². The summed E-state index contributed by atoms with van der Waals surface area (Å²) in [4.78, 5) is 70.6. The largest absolute Gasteiger partial charge is 0.480 e. The van der Waals surface area contributed by atoms with Crippen LogP contribution in [0.4, 0.5) is 4.79 Å². The second-order valence-electron chi connectivity index (χ2n) is 9.06. The van der Waals surface area contributed by atoms with Crippen molar-refractivity contribution in [2.24, 2.45) is 0 Å². The zero-order chi connectivity index (χ0) is 27.2. The molecule has 6 amide bonds. The van der Waals surface area contributed by atoms with E-state index in [-0.39, 0.29) is 43.4 Å². The van der Waals surface area contributed by atoms with Gasteiger partial charge in [0.05, 0.1) is 12.1 Å². The molecule has 0 radical (unpaired) electrons. The number of nitrogens with one attached hydrogen (secondary N) is 4. The SMILES string of the molecule is C/C=C\C(=O)N(C=O)CCC(=O)NC(CCCCNC(=O)CCCCC1SC[C@@H]2NC(=O)N[C@H]12)C(=O)O. The Morgan fingerprint density at radius 3 is 2.62 bits per heavy atom. The lowest BCUT2D eigenvalue weighted by Crippen LogP contribution is -2.42. The minimum Gasteiger partial charge on any atom is -0.480 e. The number of carbonyl (C=O) groups excluding carboxylic acids is 5. The molecule has 2 unspecified atom stereocenters. The topological polar surface area (TPSA) is 174 Å². The van der Waals surface area contributed by atoms with Crippen molar-refractivity contribution >= 4 is 47.9 Å². The highest BCUT2D eigenvalue weighted by atomic mass is 32.2. The Morgan fingerprint density at radius 1 is 1.14 bits per heavy atom. The molecular formula is C24H37N5O7S. The molecule has 0 aromatic heterocycles. The fourth-order valence-electron chi connectivity index (χ4n) is 4.26. The van der Waals surface area contributed by atoms with Crippen LogP contribution in [-0.4, -0.2) is 88.4 Å². The number of allylic oxidation sites excluding steroid dienone is 1. The van der Waals surface area contributed by atoms with E-state index in [1.165, 1.54) is 12.2 Å². The lowest BCUT2D eigenvalue weighted by Gasteiger charge is -2.17. The number of rotatable bonds is 17. The molecule has 13 heteroatoms. The number of imide groups is 1. The van der Waals surface area contributed by atoms with Crippen LogP contribution < -0.4 is 21.3 Å². The summed E-state index contributed by atoms with van der Waals surface area (Å²) in [6, 6.07) is -0.821. The number of thioether (sulfide) groups is 1. The summed E-state index contributed by atoms with van der Waals surface area (Å²) < 4.78 is 0. The molecule has 2 rings (SSSR count). The first-order valence-electron chi connectivity index (χ1n) is 12.6. The molecule has 0 saturated carbocycles. The Labute approximate surface area is 220 Å². The summed E-state index contributed by atoms with van der Waals surface area (Å²) >= 11 is 1.85. The highest BCUT2D eigenvalue weighted by Crippen LogP contribution is 2.33. The number of fused-ring (bicyclic) bond motifs is 1. The first-order chi connectivity index (χ1) is 17.7. The van der Waals surface area contributed by atoms with Gasteiger partial charge in [-0.2, -0.15) is 11.8 Å². The van der Waals surface area contributed by atoms with E-state index in [4.69, 9.17) is 0 Å². The minimum absolute atomic E-state index is 0.0527. The van der Waals surface area contributed by atoms with Gasteiger partial charge in [-0.05, 0) is 45.1 Å². The van der Waals surface area contributed by atoms with Crippen LogP contribution in [0, 0.1) is 0 Å². The summed E-state index contributed by atoms with van der Waals surface area (Å²) in [5.74, 6) is -1.43. The highest BCUT2D eigenvalue weighted by Gasteiger charge is 2.42. The molecule has 0 spiro atoms. The number of unbranched alkanes of at least 4 members (excludes halogenated alkanes) is 2. The van der Waals surface area contributed by atoms with Crippen LogP contribution in [0.25, 0.3) is 0 Å². The number of urea groups is 1. The van der Waals surface area contributed by atoms with Crippen molar-refractivity contribution in [1.82, 2.24) is 26.2 Å². The Morgan fingerprint density at radius 2 is 1.92 bits per heavy atom. The average Bonchev–Trinajstić information content (AvgIpc) is 3.40.